The molecule has 0 unspecified atom stereocenters. The molecule has 0 saturated carbocycles. The number of nitrogens with zero attached hydrogens (tertiary/aromatic N) is 3. The molecule has 0 aliphatic heterocycles. The zero-order chi connectivity index (χ0) is 13.7. The summed E-state index contributed by atoms with van der Waals surface area (Å²) in [5, 5.41) is 8.46. The van der Waals surface area contributed by atoms with Gasteiger partial charge >= 0.3 is 0 Å². The van der Waals surface area contributed by atoms with Crippen molar-refractivity contribution in [2.24, 2.45) is 10.2 Å². The molecule has 3 heteroatoms. The van der Waals surface area contributed by atoms with Crippen molar-refractivity contribution in [1.29, 1.82) is 0 Å². The van der Waals surface area contributed by atoms with Gasteiger partial charge in [-0.15, -0.1) is 0 Å². The predicted molar refractivity (Wildman–Crippen MR) is 80.7 cm³/mol. The molecule has 2 aromatic rings. The average molecular weight is 253 g/mol. The number of aryl methyl sites for hydroxylation is 1. The van der Waals surface area contributed by atoms with Crippen LogP contribution in [0.3, 0.4) is 0 Å². The molecule has 0 N–H and O–H groups in total. The highest BCUT2D eigenvalue weighted by Crippen LogP contribution is 2.21. The molecule has 19 heavy (non-hydrogen) atoms. The molecule has 0 radical (unpaired) electrons. The molecule has 2 rings (SSSR count). The maximum Gasteiger partial charge on any atom is 0.0858 e. The van der Waals surface area contributed by atoms with Gasteiger partial charge in [0.1, 0.15) is 0 Å². The monoisotopic (exact) mass is 253 g/mol. The Morgan fingerprint density at radius 1 is 0.842 bits per heavy atom. The van der Waals surface area contributed by atoms with Crippen molar-refractivity contribution in [2.75, 3.05) is 18.5 Å². The Balaban J connectivity index is 2.09. The second-order valence-electron chi connectivity index (χ2n) is 4.57. The lowest BCUT2D eigenvalue weighted by atomic mass is 10.2. The second-order valence-corrected chi connectivity index (χ2v) is 4.57. The lowest BCUT2D eigenvalue weighted by Crippen LogP contribution is -2.15. The summed E-state index contributed by atoms with van der Waals surface area (Å²) in [7, 11) is 2.07. The van der Waals surface area contributed by atoms with Gasteiger partial charge in [0.2, 0.25) is 0 Å². The Kier molecular flexibility index (Phi) is 4.29. The highest BCUT2D eigenvalue weighted by Gasteiger charge is 1.97. The number of anilines is 1. The van der Waals surface area contributed by atoms with Gasteiger partial charge in [-0.1, -0.05) is 17.7 Å². The molecular formula is C16H19N3. The zero-order valence-corrected chi connectivity index (χ0v) is 11.7. The minimum absolute atomic E-state index is 0.869. The van der Waals surface area contributed by atoms with Crippen molar-refractivity contribution in [3.8, 4) is 0 Å². The molecule has 0 atom stereocenters. The summed E-state index contributed by atoms with van der Waals surface area (Å²) in [6.07, 6.45) is 0. The highest BCUT2D eigenvalue weighted by atomic mass is 15.1. The number of benzene rings is 2. The molecule has 2 aromatic carbocycles. The SMILES string of the molecule is CCN(C)c1ccc(N=Nc2ccc(C)cc2)cc1. The van der Waals surface area contributed by atoms with Crippen LogP contribution in [0.1, 0.15) is 12.5 Å². The van der Waals surface area contributed by atoms with E-state index in [9.17, 15) is 0 Å². The lowest BCUT2D eigenvalue weighted by Gasteiger charge is -2.16. The van der Waals surface area contributed by atoms with Crippen molar-refractivity contribution in [1.82, 2.24) is 0 Å². The van der Waals surface area contributed by atoms with Crippen molar-refractivity contribution >= 4 is 17.1 Å². The molecule has 3 nitrogen and oxygen atoms in total. The minimum Gasteiger partial charge on any atom is -0.375 e. The van der Waals surface area contributed by atoms with E-state index in [0.717, 1.165) is 17.9 Å². The van der Waals surface area contributed by atoms with Crippen LogP contribution in [0.15, 0.2) is 58.8 Å². The standard InChI is InChI=1S/C16H19N3/c1-4-19(3)16-11-9-15(10-12-16)18-17-14-7-5-13(2)6-8-14/h5-12H,4H2,1-3H3. The Hall–Kier alpha value is -2.16. The van der Waals surface area contributed by atoms with E-state index in [1.807, 2.05) is 36.4 Å². The van der Waals surface area contributed by atoms with Crippen LogP contribution in [-0.2, 0) is 0 Å². The van der Waals surface area contributed by atoms with E-state index in [1.54, 1.807) is 0 Å². The van der Waals surface area contributed by atoms with Gasteiger partial charge in [0.05, 0.1) is 11.4 Å². The third-order valence-electron chi connectivity index (χ3n) is 3.08. The van der Waals surface area contributed by atoms with Gasteiger partial charge in [-0.25, -0.2) is 0 Å². The number of hydrogen-bond donors (Lipinski definition) is 0. The summed E-state index contributed by atoms with van der Waals surface area (Å²) < 4.78 is 0. The van der Waals surface area contributed by atoms with Crippen molar-refractivity contribution < 1.29 is 0 Å². The van der Waals surface area contributed by atoms with Crippen LogP contribution >= 0.6 is 0 Å². The van der Waals surface area contributed by atoms with Gasteiger partial charge in [-0.3, -0.25) is 0 Å². The molecule has 98 valence electrons. The van der Waals surface area contributed by atoms with Gasteiger partial charge in [0, 0.05) is 19.3 Å². The molecule has 0 amide bonds. The fraction of sp³-hybridized carbons (Fsp3) is 0.250. The molecule has 0 aliphatic carbocycles. The van der Waals surface area contributed by atoms with Gasteiger partial charge in [-0.05, 0) is 50.2 Å². The van der Waals surface area contributed by atoms with Crippen molar-refractivity contribution in [3.63, 3.8) is 0 Å². The van der Waals surface area contributed by atoms with Crippen molar-refractivity contribution in [3.05, 3.63) is 54.1 Å². The summed E-state index contributed by atoms with van der Waals surface area (Å²) in [5.74, 6) is 0. The van der Waals surface area contributed by atoms with Crippen LogP contribution in [0.4, 0.5) is 17.1 Å². The lowest BCUT2D eigenvalue weighted by molar-refractivity contribution is 0.968. The van der Waals surface area contributed by atoms with Gasteiger partial charge in [-0.2, -0.15) is 10.2 Å². The van der Waals surface area contributed by atoms with Crippen LogP contribution in [0.25, 0.3) is 0 Å². The maximum atomic E-state index is 4.24. The third-order valence-corrected chi connectivity index (χ3v) is 3.08. The summed E-state index contributed by atoms with van der Waals surface area (Å²) >= 11 is 0. The minimum atomic E-state index is 0.869. The summed E-state index contributed by atoms with van der Waals surface area (Å²) in [6, 6.07) is 16.1. The van der Waals surface area contributed by atoms with Gasteiger partial charge in [0.25, 0.3) is 0 Å². The summed E-state index contributed by atoms with van der Waals surface area (Å²) in [4.78, 5) is 2.18. The number of rotatable bonds is 4. The number of azo groups is 1. The average Bonchev–Trinajstić information content (AvgIpc) is 2.46. The first-order valence-corrected chi connectivity index (χ1v) is 6.48. The van der Waals surface area contributed by atoms with Crippen LogP contribution in [0, 0.1) is 6.92 Å². The third kappa shape index (κ3) is 3.65. The first-order valence-electron chi connectivity index (χ1n) is 6.48. The topological polar surface area (TPSA) is 28.0 Å². The fourth-order valence-electron chi connectivity index (χ4n) is 1.68. The summed E-state index contributed by atoms with van der Waals surface area (Å²) in [6.45, 7) is 5.18. The first kappa shape index (κ1) is 13.3. The molecule has 0 saturated heterocycles. The smallest absolute Gasteiger partial charge is 0.0858 e. The van der Waals surface area contributed by atoms with Crippen LogP contribution < -0.4 is 4.90 Å². The second kappa shape index (κ2) is 6.14. The Bertz CT molecular complexity index is 541. The normalized spacial score (nSPS) is 10.9. The first-order chi connectivity index (χ1) is 9.19. The highest BCUT2D eigenvalue weighted by molar-refractivity contribution is 5.52. The Morgan fingerprint density at radius 3 is 1.79 bits per heavy atom. The van der Waals surface area contributed by atoms with E-state index in [0.29, 0.717) is 0 Å². The Labute approximate surface area is 114 Å². The molecule has 0 aliphatic rings. The number of hydrogen-bond acceptors (Lipinski definition) is 3. The molecule has 0 fully saturated rings. The van der Waals surface area contributed by atoms with E-state index in [4.69, 9.17) is 0 Å². The molecule has 0 bridgehead atoms. The molecule has 0 heterocycles. The predicted octanol–water partition coefficient (Wildman–Crippen LogP) is 4.87. The Morgan fingerprint density at radius 2 is 1.32 bits per heavy atom. The molecule has 0 aromatic heterocycles. The van der Waals surface area contributed by atoms with Crippen molar-refractivity contribution in [2.45, 2.75) is 13.8 Å². The van der Waals surface area contributed by atoms with E-state index < -0.39 is 0 Å². The van der Waals surface area contributed by atoms with Gasteiger partial charge in [0.15, 0.2) is 0 Å². The van der Waals surface area contributed by atoms with Crippen LogP contribution in [-0.4, -0.2) is 13.6 Å². The van der Waals surface area contributed by atoms with E-state index >= 15 is 0 Å². The van der Waals surface area contributed by atoms with E-state index in [2.05, 4.69) is 48.2 Å². The largest absolute Gasteiger partial charge is 0.375 e. The fourth-order valence-corrected chi connectivity index (χ4v) is 1.68. The van der Waals surface area contributed by atoms with E-state index in [-0.39, 0.29) is 0 Å². The van der Waals surface area contributed by atoms with Crippen LogP contribution in [0.5, 0.6) is 0 Å². The quantitative estimate of drug-likeness (QED) is 0.714. The maximum absolute atomic E-state index is 4.24. The van der Waals surface area contributed by atoms with Crippen LogP contribution in [0.2, 0.25) is 0 Å². The van der Waals surface area contributed by atoms with Gasteiger partial charge < -0.3 is 4.90 Å². The zero-order valence-electron chi connectivity index (χ0n) is 11.7. The molecular weight excluding hydrogens is 234 g/mol. The summed E-state index contributed by atoms with van der Waals surface area (Å²) in [5.41, 5.74) is 4.16. The molecule has 0 spiro atoms. The van der Waals surface area contributed by atoms with E-state index in [1.165, 1.54) is 11.3 Å².